The normalized spacial score (nSPS) is 16.0. The molecule has 2 aromatic heterocycles. The summed E-state index contributed by atoms with van der Waals surface area (Å²) in [4.78, 5) is 25.1. The number of halogens is 2. The number of nitrogens with zero attached hydrogens (tertiary/aromatic N) is 4. The molecule has 1 aliphatic rings. The van der Waals surface area contributed by atoms with Crippen molar-refractivity contribution in [2.24, 2.45) is 0 Å². The number of likely N-dealkylation sites (tertiary alicyclic amines) is 1. The van der Waals surface area contributed by atoms with E-state index in [-0.39, 0.29) is 12.8 Å². The maximum atomic E-state index is 13.4. The number of methoxy groups -OCH3 is 1. The van der Waals surface area contributed by atoms with E-state index in [0.29, 0.717) is 30.0 Å². The molecule has 1 aliphatic heterocycles. The lowest BCUT2D eigenvalue weighted by atomic mass is 10.1. The molecule has 6 nitrogen and oxygen atoms in total. The van der Waals surface area contributed by atoms with E-state index in [4.69, 9.17) is 4.74 Å². The van der Waals surface area contributed by atoms with Crippen molar-refractivity contribution in [1.82, 2.24) is 14.9 Å². The Kier molecular flexibility index (Phi) is 8.50. The average molecular weight is 447 g/mol. The van der Waals surface area contributed by atoms with Gasteiger partial charge in [-0.25, -0.2) is 13.6 Å². The van der Waals surface area contributed by atoms with Crippen LogP contribution >= 0.6 is 0 Å². The average Bonchev–Trinajstić information content (AvgIpc) is 2.82. The van der Waals surface area contributed by atoms with Gasteiger partial charge in [-0.05, 0) is 43.7 Å². The lowest BCUT2D eigenvalue weighted by molar-refractivity contribution is -0.0550. The van der Waals surface area contributed by atoms with Gasteiger partial charge in [-0.15, -0.1) is 0 Å². The number of carbonyl (C=O) groups is 1. The molecule has 32 heavy (non-hydrogen) atoms. The zero-order chi connectivity index (χ0) is 23.0. The standard InChI is InChI=1S/C24H32F2N4O2/c1-3-4-13-30(14-5-12-29-15-9-24(25,26)10-16-29)20-6-7-21(28-18-20)22-17-19(8-11-27-22)23(31)32-2/h6-8,11,17-18H,3-5,9-10,12-16H2,1-2H3. The minimum Gasteiger partial charge on any atom is -0.465 e. The van der Waals surface area contributed by atoms with Gasteiger partial charge in [0.05, 0.1) is 35.9 Å². The fourth-order valence-corrected chi connectivity index (χ4v) is 3.85. The lowest BCUT2D eigenvalue weighted by Gasteiger charge is -2.32. The van der Waals surface area contributed by atoms with Crippen molar-refractivity contribution >= 4 is 11.7 Å². The smallest absolute Gasteiger partial charge is 0.337 e. The second-order valence-corrected chi connectivity index (χ2v) is 8.21. The number of pyridine rings is 2. The molecular formula is C24H32F2N4O2. The number of piperidine rings is 1. The summed E-state index contributed by atoms with van der Waals surface area (Å²) in [6, 6.07) is 7.21. The predicted octanol–water partition coefficient (Wildman–Crippen LogP) is 4.66. The van der Waals surface area contributed by atoms with Crippen LogP contribution in [0.5, 0.6) is 0 Å². The molecule has 0 aliphatic carbocycles. The summed E-state index contributed by atoms with van der Waals surface area (Å²) >= 11 is 0. The van der Waals surface area contributed by atoms with Crippen LogP contribution in [0.2, 0.25) is 0 Å². The summed E-state index contributed by atoms with van der Waals surface area (Å²) in [6.45, 7) is 5.70. The second kappa shape index (κ2) is 11.3. The van der Waals surface area contributed by atoms with E-state index in [9.17, 15) is 13.6 Å². The predicted molar refractivity (Wildman–Crippen MR) is 121 cm³/mol. The highest BCUT2D eigenvalue weighted by molar-refractivity contribution is 5.90. The van der Waals surface area contributed by atoms with Crippen molar-refractivity contribution in [1.29, 1.82) is 0 Å². The van der Waals surface area contributed by atoms with Gasteiger partial charge in [0.1, 0.15) is 0 Å². The van der Waals surface area contributed by atoms with Crippen LogP contribution in [-0.4, -0.2) is 66.6 Å². The summed E-state index contributed by atoms with van der Waals surface area (Å²) < 4.78 is 31.5. The van der Waals surface area contributed by atoms with Crippen LogP contribution in [0.25, 0.3) is 11.4 Å². The molecule has 0 unspecified atom stereocenters. The van der Waals surface area contributed by atoms with Crippen LogP contribution < -0.4 is 4.90 Å². The van der Waals surface area contributed by atoms with Crippen LogP contribution in [0.3, 0.4) is 0 Å². The SMILES string of the molecule is CCCCN(CCCN1CCC(F)(F)CC1)c1ccc(-c2cc(C(=O)OC)ccn2)nc1. The van der Waals surface area contributed by atoms with Crippen LogP contribution in [0, 0.1) is 0 Å². The van der Waals surface area contributed by atoms with Gasteiger partial charge >= 0.3 is 5.97 Å². The number of carbonyl (C=O) groups excluding carboxylic acids is 1. The molecule has 0 amide bonds. The quantitative estimate of drug-likeness (QED) is 0.495. The molecule has 1 saturated heterocycles. The third-order valence-corrected chi connectivity index (χ3v) is 5.83. The van der Waals surface area contributed by atoms with E-state index in [1.54, 1.807) is 18.3 Å². The Morgan fingerprint density at radius 3 is 2.53 bits per heavy atom. The first-order chi connectivity index (χ1) is 15.4. The van der Waals surface area contributed by atoms with Gasteiger partial charge in [-0.2, -0.15) is 0 Å². The van der Waals surface area contributed by atoms with Crippen molar-refractivity contribution in [3.8, 4) is 11.4 Å². The zero-order valence-electron chi connectivity index (χ0n) is 18.9. The van der Waals surface area contributed by atoms with E-state index in [2.05, 4.69) is 26.7 Å². The van der Waals surface area contributed by atoms with Gasteiger partial charge in [0, 0.05) is 45.2 Å². The molecule has 174 valence electrons. The molecular weight excluding hydrogens is 414 g/mol. The molecule has 0 N–H and O–H groups in total. The summed E-state index contributed by atoms with van der Waals surface area (Å²) in [5.74, 6) is -2.91. The van der Waals surface area contributed by atoms with Gasteiger partial charge in [0.25, 0.3) is 5.92 Å². The Hall–Kier alpha value is -2.61. The number of ether oxygens (including phenoxy) is 1. The van der Waals surface area contributed by atoms with Crippen LogP contribution in [-0.2, 0) is 4.74 Å². The highest BCUT2D eigenvalue weighted by Gasteiger charge is 2.33. The molecule has 0 atom stereocenters. The first-order valence-corrected chi connectivity index (χ1v) is 11.3. The number of unbranched alkanes of at least 4 members (excludes halogenated alkanes) is 1. The number of anilines is 1. The van der Waals surface area contributed by atoms with E-state index in [1.807, 2.05) is 18.3 Å². The van der Waals surface area contributed by atoms with Crippen molar-refractivity contribution in [2.45, 2.75) is 45.0 Å². The van der Waals surface area contributed by atoms with E-state index < -0.39 is 11.9 Å². The molecule has 0 bridgehead atoms. The monoisotopic (exact) mass is 446 g/mol. The molecule has 1 fully saturated rings. The van der Waals surface area contributed by atoms with E-state index in [0.717, 1.165) is 44.6 Å². The van der Waals surface area contributed by atoms with Crippen LogP contribution in [0.15, 0.2) is 36.7 Å². The van der Waals surface area contributed by atoms with Crippen molar-refractivity contribution in [3.63, 3.8) is 0 Å². The van der Waals surface area contributed by atoms with Gasteiger partial charge in [0.2, 0.25) is 0 Å². The van der Waals surface area contributed by atoms with Crippen LogP contribution in [0.1, 0.15) is 49.4 Å². The molecule has 0 aromatic carbocycles. The number of esters is 1. The zero-order valence-corrected chi connectivity index (χ0v) is 18.9. The molecule has 8 heteroatoms. The third kappa shape index (κ3) is 6.69. The Bertz CT molecular complexity index is 867. The highest BCUT2D eigenvalue weighted by atomic mass is 19.3. The minimum absolute atomic E-state index is 0.0385. The molecule has 3 rings (SSSR count). The largest absolute Gasteiger partial charge is 0.465 e. The Morgan fingerprint density at radius 2 is 1.88 bits per heavy atom. The topological polar surface area (TPSA) is 58.6 Å². The van der Waals surface area contributed by atoms with E-state index >= 15 is 0 Å². The van der Waals surface area contributed by atoms with Crippen molar-refractivity contribution < 1.29 is 18.3 Å². The Labute approximate surface area is 188 Å². The second-order valence-electron chi connectivity index (χ2n) is 8.21. The van der Waals surface area contributed by atoms with Gasteiger partial charge in [-0.1, -0.05) is 13.3 Å². The maximum Gasteiger partial charge on any atom is 0.337 e. The number of aromatic nitrogens is 2. The fraction of sp³-hybridized carbons (Fsp3) is 0.542. The highest BCUT2D eigenvalue weighted by Crippen LogP contribution is 2.27. The minimum atomic E-state index is -2.50. The Balaban J connectivity index is 1.62. The number of rotatable bonds is 10. The molecule has 2 aromatic rings. The number of hydrogen-bond acceptors (Lipinski definition) is 6. The number of alkyl halides is 2. The lowest BCUT2D eigenvalue weighted by Crippen LogP contribution is -2.40. The fourth-order valence-electron chi connectivity index (χ4n) is 3.85. The van der Waals surface area contributed by atoms with Gasteiger partial charge < -0.3 is 14.5 Å². The third-order valence-electron chi connectivity index (χ3n) is 5.83. The first kappa shape index (κ1) is 24.0. The van der Waals surface area contributed by atoms with Crippen LogP contribution in [0.4, 0.5) is 14.5 Å². The summed E-state index contributed by atoms with van der Waals surface area (Å²) in [6.07, 6.45) is 6.40. The van der Waals surface area contributed by atoms with Gasteiger partial charge in [-0.3, -0.25) is 9.97 Å². The van der Waals surface area contributed by atoms with E-state index in [1.165, 1.54) is 7.11 Å². The Morgan fingerprint density at radius 1 is 1.12 bits per heavy atom. The molecule has 0 saturated carbocycles. The molecule has 0 radical (unpaired) electrons. The first-order valence-electron chi connectivity index (χ1n) is 11.3. The number of hydrogen-bond donors (Lipinski definition) is 0. The molecule has 3 heterocycles. The molecule has 0 spiro atoms. The summed E-state index contributed by atoms with van der Waals surface area (Å²) in [7, 11) is 1.35. The van der Waals surface area contributed by atoms with Crippen molar-refractivity contribution in [2.75, 3.05) is 44.7 Å². The van der Waals surface area contributed by atoms with Gasteiger partial charge in [0.15, 0.2) is 0 Å². The summed E-state index contributed by atoms with van der Waals surface area (Å²) in [5.41, 5.74) is 2.76. The van der Waals surface area contributed by atoms with Crippen molar-refractivity contribution in [3.05, 3.63) is 42.2 Å². The summed E-state index contributed by atoms with van der Waals surface area (Å²) in [5, 5.41) is 0. The maximum absolute atomic E-state index is 13.4.